The number of anilines is 2. The highest BCUT2D eigenvalue weighted by molar-refractivity contribution is 9.10. The number of nitrogens with one attached hydrogen (secondary N) is 2. The van der Waals surface area contributed by atoms with Gasteiger partial charge in [-0.25, -0.2) is 10.8 Å². The normalized spacial score (nSPS) is 10.0. The second-order valence-electron chi connectivity index (χ2n) is 3.37. The van der Waals surface area contributed by atoms with E-state index in [-0.39, 0.29) is 0 Å². The van der Waals surface area contributed by atoms with Gasteiger partial charge in [0, 0.05) is 12.7 Å². The second kappa shape index (κ2) is 5.60. The first-order valence-electron chi connectivity index (χ1n) is 5.06. The number of aromatic nitrogens is 2. The van der Waals surface area contributed by atoms with Crippen molar-refractivity contribution >= 4 is 27.7 Å². The molecule has 0 spiro atoms. The summed E-state index contributed by atoms with van der Waals surface area (Å²) in [5.74, 6) is 6.34. The molecule has 2 aromatic rings. The molecule has 4 N–H and O–H groups in total. The number of benzene rings is 1. The van der Waals surface area contributed by atoms with Crippen LogP contribution in [-0.4, -0.2) is 9.97 Å². The third kappa shape index (κ3) is 3.15. The minimum absolute atomic E-state index is 0.378. The van der Waals surface area contributed by atoms with Crippen LogP contribution in [0.3, 0.4) is 0 Å². The van der Waals surface area contributed by atoms with Crippen molar-refractivity contribution in [2.24, 2.45) is 5.84 Å². The minimum Gasteiger partial charge on any atom is -0.365 e. The van der Waals surface area contributed by atoms with Crippen LogP contribution in [-0.2, 0) is 6.54 Å². The molecule has 0 amide bonds. The lowest BCUT2D eigenvalue weighted by Gasteiger charge is -2.08. The zero-order chi connectivity index (χ0) is 12.1. The van der Waals surface area contributed by atoms with Gasteiger partial charge in [0.2, 0.25) is 5.95 Å². The van der Waals surface area contributed by atoms with E-state index < -0.39 is 0 Å². The van der Waals surface area contributed by atoms with Crippen molar-refractivity contribution in [3.05, 3.63) is 46.6 Å². The molecule has 2 rings (SSSR count). The molecule has 0 radical (unpaired) electrons. The molecule has 0 unspecified atom stereocenters. The summed E-state index contributed by atoms with van der Waals surface area (Å²) in [6.07, 6.45) is 1.65. The van der Waals surface area contributed by atoms with Crippen molar-refractivity contribution in [2.45, 2.75) is 6.54 Å². The van der Waals surface area contributed by atoms with Crippen LogP contribution in [0.2, 0.25) is 0 Å². The molecule has 0 aliphatic heterocycles. The number of nitrogens with two attached hydrogens (primary N) is 1. The minimum atomic E-state index is 0.378. The number of nitrogen functional groups attached to an aromatic ring is 1. The predicted molar refractivity (Wildman–Crippen MR) is 71.3 cm³/mol. The van der Waals surface area contributed by atoms with Crippen LogP contribution < -0.4 is 16.6 Å². The van der Waals surface area contributed by atoms with E-state index in [9.17, 15) is 0 Å². The van der Waals surface area contributed by atoms with Crippen molar-refractivity contribution in [3.63, 3.8) is 0 Å². The summed E-state index contributed by atoms with van der Waals surface area (Å²) in [6.45, 7) is 0.695. The van der Waals surface area contributed by atoms with Crippen LogP contribution in [0.1, 0.15) is 5.56 Å². The lowest BCUT2D eigenvalue weighted by Crippen LogP contribution is -2.12. The molecule has 5 nitrogen and oxygen atoms in total. The maximum absolute atomic E-state index is 5.26. The fourth-order valence-electron chi connectivity index (χ4n) is 1.34. The first-order chi connectivity index (χ1) is 8.29. The van der Waals surface area contributed by atoms with Crippen molar-refractivity contribution in [3.8, 4) is 0 Å². The van der Waals surface area contributed by atoms with Crippen LogP contribution in [0.5, 0.6) is 0 Å². The molecule has 0 aliphatic rings. The highest BCUT2D eigenvalue weighted by Crippen LogP contribution is 2.20. The summed E-state index contributed by atoms with van der Waals surface area (Å²) in [5.41, 5.74) is 3.59. The summed E-state index contributed by atoms with van der Waals surface area (Å²) in [6, 6.07) is 10.1. The Kier molecular flexibility index (Phi) is 3.89. The number of rotatable bonds is 4. The molecule has 1 aromatic heterocycles. The summed E-state index contributed by atoms with van der Waals surface area (Å²) < 4.78 is 0.799. The monoisotopic (exact) mass is 293 g/mol. The zero-order valence-corrected chi connectivity index (χ0v) is 10.6. The molecule has 0 bridgehead atoms. The predicted octanol–water partition coefficient (Wildman–Crippen LogP) is 2.14. The van der Waals surface area contributed by atoms with Gasteiger partial charge in [-0.3, -0.25) is 5.43 Å². The van der Waals surface area contributed by atoms with Gasteiger partial charge in [-0.15, -0.1) is 0 Å². The maximum atomic E-state index is 5.26. The van der Waals surface area contributed by atoms with Crippen LogP contribution in [0.25, 0.3) is 0 Å². The molecule has 0 atom stereocenters. The van der Waals surface area contributed by atoms with Crippen molar-refractivity contribution in [1.82, 2.24) is 9.97 Å². The van der Waals surface area contributed by atoms with E-state index in [1.54, 1.807) is 6.20 Å². The quantitative estimate of drug-likeness (QED) is 0.595. The van der Waals surface area contributed by atoms with Gasteiger partial charge < -0.3 is 5.32 Å². The molecular formula is C11H12BrN5. The number of nitrogens with zero attached hydrogens (tertiary/aromatic N) is 2. The van der Waals surface area contributed by atoms with E-state index in [0.717, 1.165) is 4.47 Å². The molecular weight excluding hydrogens is 282 g/mol. The molecule has 0 fully saturated rings. The second-order valence-corrected chi connectivity index (χ2v) is 4.23. The SMILES string of the molecule is NNc1ncc(Br)c(NCc2ccccc2)n1. The highest BCUT2D eigenvalue weighted by Gasteiger charge is 2.03. The van der Waals surface area contributed by atoms with Gasteiger partial charge in [-0.2, -0.15) is 4.98 Å². The molecule has 88 valence electrons. The topological polar surface area (TPSA) is 75.9 Å². The summed E-state index contributed by atoms with van der Waals surface area (Å²) in [4.78, 5) is 8.18. The Bertz CT molecular complexity index is 488. The highest BCUT2D eigenvalue weighted by atomic mass is 79.9. The average Bonchev–Trinajstić information content (AvgIpc) is 2.39. The third-order valence-corrected chi connectivity index (χ3v) is 2.76. The molecule has 17 heavy (non-hydrogen) atoms. The summed E-state index contributed by atoms with van der Waals surface area (Å²) >= 11 is 3.38. The van der Waals surface area contributed by atoms with E-state index in [4.69, 9.17) is 5.84 Å². The Morgan fingerprint density at radius 2 is 2.00 bits per heavy atom. The average molecular weight is 294 g/mol. The Balaban J connectivity index is 2.08. The molecule has 0 saturated carbocycles. The van der Waals surface area contributed by atoms with Crippen LogP contribution >= 0.6 is 15.9 Å². The van der Waals surface area contributed by atoms with Gasteiger partial charge in [0.15, 0.2) is 0 Å². The van der Waals surface area contributed by atoms with Crippen molar-refractivity contribution < 1.29 is 0 Å². The Labute approximate surface area is 108 Å². The maximum Gasteiger partial charge on any atom is 0.239 e. The third-order valence-electron chi connectivity index (χ3n) is 2.18. The first kappa shape index (κ1) is 11.8. The zero-order valence-electron chi connectivity index (χ0n) is 9.02. The van der Waals surface area contributed by atoms with Crippen molar-refractivity contribution in [1.29, 1.82) is 0 Å². The number of hydrazine groups is 1. The van der Waals surface area contributed by atoms with Crippen molar-refractivity contribution in [2.75, 3.05) is 10.7 Å². The van der Waals surface area contributed by atoms with Gasteiger partial charge in [0.1, 0.15) is 5.82 Å². The molecule has 1 aromatic carbocycles. The van der Waals surface area contributed by atoms with E-state index in [2.05, 4.69) is 36.6 Å². The fraction of sp³-hybridized carbons (Fsp3) is 0.0909. The lowest BCUT2D eigenvalue weighted by molar-refractivity contribution is 1.06. The largest absolute Gasteiger partial charge is 0.365 e. The Hall–Kier alpha value is -1.66. The van der Waals surface area contributed by atoms with E-state index >= 15 is 0 Å². The number of halogens is 1. The van der Waals surface area contributed by atoms with E-state index in [0.29, 0.717) is 18.3 Å². The summed E-state index contributed by atoms with van der Waals surface area (Å²) in [7, 11) is 0. The Morgan fingerprint density at radius 1 is 1.24 bits per heavy atom. The van der Waals surface area contributed by atoms with Crippen LogP contribution in [0.4, 0.5) is 11.8 Å². The molecule has 1 heterocycles. The molecule has 0 aliphatic carbocycles. The summed E-state index contributed by atoms with van der Waals surface area (Å²) in [5, 5.41) is 3.21. The van der Waals surface area contributed by atoms with Gasteiger partial charge in [0.05, 0.1) is 4.47 Å². The number of hydrogen-bond donors (Lipinski definition) is 3. The van der Waals surface area contributed by atoms with E-state index in [1.165, 1.54) is 5.56 Å². The fourth-order valence-corrected chi connectivity index (χ4v) is 1.67. The molecule has 6 heteroatoms. The lowest BCUT2D eigenvalue weighted by atomic mass is 10.2. The number of hydrogen-bond acceptors (Lipinski definition) is 5. The van der Waals surface area contributed by atoms with Gasteiger partial charge in [-0.05, 0) is 21.5 Å². The van der Waals surface area contributed by atoms with Crippen LogP contribution in [0.15, 0.2) is 41.0 Å². The first-order valence-corrected chi connectivity index (χ1v) is 5.86. The van der Waals surface area contributed by atoms with Gasteiger partial charge in [0.25, 0.3) is 0 Å². The standard InChI is InChI=1S/C11H12BrN5/c12-9-7-15-11(17-13)16-10(9)14-6-8-4-2-1-3-5-8/h1-5,7H,6,13H2,(H2,14,15,16,17). The Morgan fingerprint density at radius 3 is 2.71 bits per heavy atom. The van der Waals surface area contributed by atoms with Gasteiger partial charge >= 0.3 is 0 Å². The van der Waals surface area contributed by atoms with E-state index in [1.807, 2.05) is 30.3 Å². The van der Waals surface area contributed by atoms with Gasteiger partial charge in [-0.1, -0.05) is 30.3 Å². The molecule has 0 saturated heterocycles. The smallest absolute Gasteiger partial charge is 0.239 e. The van der Waals surface area contributed by atoms with Crippen LogP contribution in [0, 0.1) is 0 Å².